The van der Waals surface area contributed by atoms with Crippen molar-refractivity contribution < 1.29 is 24.2 Å². The SMILES string of the molecule is COc1ccc(/C(O)=C2/C(=O)C(=O)N(C3CCCCC3)C2c2cccs2)cc1OC. The molecule has 1 aliphatic heterocycles. The number of thiophene rings is 1. The zero-order valence-electron chi connectivity index (χ0n) is 17.1. The topological polar surface area (TPSA) is 76.1 Å². The first kappa shape index (κ1) is 20.5. The summed E-state index contributed by atoms with van der Waals surface area (Å²) < 4.78 is 10.6. The minimum atomic E-state index is -0.633. The molecule has 1 aliphatic carbocycles. The maximum absolute atomic E-state index is 13.1. The van der Waals surface area contributed by atoms with E-state index in [1.165, 1.54) is 25.6 Å². The quantitative estimate of drug-likeness (QED) is 0.431. The molecular weight excluding hydrogens is 402 g/mol. The van der Waals surface area contributed by atoms with Crippen molar-refractivity contribution in [1.29, 1.82) is 0 Å². The van der Waals surface area contributed by atoms with Gasteiger partial charge in [0.2, 0.25) is 0 Å². The van der Waals surface area contributed by atoms with Crippen LogP contribution in [0.4, 0.5) is 0 Å². The van der Waals surface area contributed by atoms with Crippen molar-refractivity contribution in [3.8, 4) is 11.5 Å². The highest BCUT2D eigenvalue weighted by molar-refractivity contribution is 7.10. The van der Waals surface area contributed by atoms with E-state index < -0.39 is 17.7 Å². The lowest BCUT2D eigenvalue weighted by Gasteiger charge is -2.34. The molecule has 2 fully saturated rings. The van der Waals surface area contributed by atoms with E-state index in [9.17, 15) is 14.7 Å². The second-order valence-corrected chi connectivity index (χ2v) is 8.56. The van der Waals surface area contributed by atoms with Crippen LogP contribution in [-0.4, -0.2) is 42.0 Å². The van der Waals surface area contributed by atoms with Gasteiger partial charge in [-0.25, -0.2) is 0 Å². The fraction of sp³-hybridized carbons (Fsp3) is 0.391. The molecule has 6 nitrogen and oxygen atoms in total. The van der Waals surface area contributed by atoms with Crippen LogP contribution in [0.15, 0.2) is 41.3 Å². The molecule has 158 valence electrons. The zero-order valence-corrected chi connectivity index (χ0v) is 17.9. The number of benzene rings is 1. The summed E-state index contributed by atoms with van der Waals surface area (Å²) in [5.41, 5.74) is 0.552. The Labute approximate surface area is 179 Å². The van der Waals surface area contributed by atoms with Crippen LogP contribution in [0.3, 0.4) is 0 Å². The Morgan fingerprint density at radius 3 is 2.43 bits per heavy atom. The molecule has 1 saturated heterocycles. The van der Waals surface area contributed by atoms with Gasteiger partial charge in [-0.2, -0.15) is 0 Å². The van der Waals surface area contributed by atoms with Gasteiger partial charge in [0.25, 0.3) is 11.7 Å². The minimum absolute atomic E-state index is 0.0120. The molecule has 1 atom stereocenters. The molecule has 1 saturated carbocycles. The Morgan fingerprint density at radius 1 is 1.07 bits per heavy atom. The fourth-order valence-electron chi connectivity index (χ4n) is 4.45. The highest BCUT2D eigenvalue weighted by atomic mass is 32.1. The summed E-state index contributed by atoms with van der Waals surface area (Å²) in [5, 5.41) is 13.1. The van der Waals surface area contributed by atoms with Crippen molar-refractivity contribution in [2.24, 2.45) is 0 Å². The number of aliphatic hydroxyl groups excluding tert-OH is 1. The summed E-state index contributed by atoms with van der Waals surface area (Å²) in [6, 6.07) is 8.21. The van der Waals surface area contributed by atoms with Crippen molar-refractivity contribution >= 4 is 28.8 Å². The monoisotopic (exact) mass is 427 g/mol. The fourth-order valence-corrected chi connectivity index (χ4v) is 5.28. The van der Waals surface area contributed by atoms with E-state index in [4.69, 9.17) is 9.47 Å². The van der Waals surface area contributed by atoms with Crippen LogP contribution in [0.5, 0.6) is 11.5 Å². The Balaban J connectivity index is 1.84. The molecule has 0 radical (unpaired) electrons. The van der Waals surface area contributed by atoms with Gasteiger partial charge < -0.3 is 19.5 Å². The Hall–Kier alpha value is -2.80. The summed E-state index contributed by atoms with van der Waals surface area (Å²) in [6.45, 7) is 0. The number of nitrogens with zero attached hydrogens (tertiary/aromatic N) is 1. The number of ether oxygens (including phenoxy) is 2. The number of methoxy groups -OCH3 is 2. The molecule has 1 aromatic heterocycles. The first-order valence-electron chi connectivity index (χ1n) is 10.1. The van der Waals surface area contributed by atoms with Gasteiger partial charge in [0, 0.05) is 16.5 Å². The molecule has 2 heterocycles. The molecule has 30 heavy (non-hydrogen) atoms. The Kier molecular flexibility index (Phi) is 5.81. The summed E-state index contributed by atoms with van der Waals surface area (Å²) in [5.74, 6) is -0.387. The lowest BCUT2D eigenvalue weighted by atomic mass is 9.92. The molecule has 4 rings (SSSR count). The number of Topliss-reactive ketones (excluding diaryl/α,β-unsaturated/α-hetero) is 1. The van der Waals surface area contributed by atoms with Crippen molar-refractivity contribution in [3.63, 3.8) is 0 Å². The van der Waals surface area contributed by atoms with E-state index in [2.05, 4.69) is 0 Å². The average molecular weight is 428 g/mol. The number of hydrogen-bond donors (Lipinski definition) is 1. The molecule has 1 N–H and O–H groups in total. The largest absolute Gasteiger partial charge is 0.507 e. The van der Waals surface area contributed by atoms with Gasteiger partial charge in [0.15, 0.2) is 11.5 Å². The number of carbonyl (C=O) groups excluding carboxylic acids is 2. The molecule has 0 bridgehead atoms. The van der Waals surface area contributed by atoms with E-state index in [0.29, 0.717) is 17.1 Å². The zero-order chi connectivity index (χ0) is 21.3. The van der Waals surface area contributed by atoms with Gasteiger partial charge in [-0.1, -0.05) is 25.3 Å². The standard InChI is InChI=1S/C23H25NO5S/c1-28-16-11-10-14(13-17(16)29-2)21(25)19-20(18-9-6-12-30-18)24(23(27)22(19)26)15-7-4-3-5-8-15/h6,9-13,15,20,25H,3-5,7-8H2,1-2H3/b21-19-. The maximum atomic E-state index is 13.1. The highest BCUT2D eigenvalue weighted by Gasteiger charge is 2.49. The van der Waals surface area contributed by atoms with Gasteiger partial charge in [-0.3, -0.25) is 9.59 Å². The first-order chi connectivity index (χ1) is 14.6. The number of rotatable bonds is 5. The molecular formula is C23H25NO5S. The molecule has 1 amide bonds. The van der Waals surface area contributed by atoms with Gasteiger partial charge in [-0.15, -0.1) is 11.3 Å². The number of likely N-dealkylation sites (tertiary alicyclic amines) is 1. The van der Waals surface area contributed by atoms with Gasteiger partial charge >= 0.3 is 0 Å². The maximum Gasteiger partial charge on any atom is 0.295 e. The number of hydrogen-bond acceptors (Lipinski definition) is 6. The first-order valence-corrected chi connectivity index (χ1v) is 11.0. The van der Waals surface area contributed by atoms with Crippen molar-refractivity contribution in [2.45, 2.75) is 44.2 Å². The van der Waals surface area contributed by atoms with Gasteiger partial charge in [0.05, 0.1) is 25.8 Å². The lowest BCUT2D eigenvalue weighted by Crippen LogP contribution is -2.40. The predicted molar refractivity (Wildman–Crippen MR) is 115 cm³/mol. The van der Waals surface area contributed by atoms with E-state index in [-0.39, 0.29) is 17.4 Å². The van der Waals surface area contributed by atoms with Crippen molar-refractivity contribution in [1.82, 2.24) is 4.90 Å². The summed E-state index contributed by atoms with van der Waals surface area (Å²) in [6.07, 6.45) is 4.99. The van der Waals surface area contributed by atoms with Crippen LogP contribution in [0.1, 0.15) is 48.6 Å². The van der Waals surface area contributed by atoms with Crippen molar-refractivity contribution in [2.75, 3.05) is 14.2 Å². The number of amides is 1. The summed E-state index contributed by atoms with van der Waals surface area (Å²) in [4.78, 5) is 28.8. The van der Waals surface area contributed by atoms with Crippen LogP contribution < -0.4 is 9.47 Å². The van der Waals surface area contributed by atoms with Gasteiger partial charge in [-0.05, 0) is 42.5 Å². The van der Waals surface area contributed by atoms with Gasteiger partial charge in [0.1, 0.15) is 5.76 Å². The second-order valence-electron chi connectivity index (χ2n) is 7.58. The molecule has 1 aromatic carbocycles. The average Bonchev–Trinajstić information content (AvgIpc) is 3.40. The smallest absolute Gasteiger partial charge is 0.295 e. The predicted octanol–water partition coefficient (Wildman–Crippen LogP) is 4.52. The van der Waals surface area contributed by atoms with Crippen LogP contribution >= 0.6 is 11.3 Å². The minimum Gasteiger partial charge on any atom is -0.507 e. The number of aliphatic hydroxyl groups is 1. The Bertz CT molecular complexity index is 975. The van der Waals surface area contributed by atoms with Crippen LogP contribution in [0.2, 0.25) is 0 Å². The molecule has 1 unspecified atom stereocenters. The lowest BCUT2D eigenvalue weighted by molar-refractivity contribution is -0.141. The molecule has 7 heteroatoms. The van der Waals surface area contributed by atoms with E-state index in [1.54, 1.807) is 23.1 Å². The third-order valence-corrected chi connectivity index (χ3v) is 6.84. The molecule has 2 aliphatic rings. The van der Waals surface area contributed by atoms with Crippen LogP contribution in [0.25, 0.3) is 5.76 Å². The van der Waals surface area contributed by atoms with E-state index in [1.807, 2.05) is 17.5 Å². The molecule has 0 spiro atoms. The number of ketones is 1. The van der Waals surface area contributed by atoms with Crippen molar-refractivity contribution in [3.05, 3.63) is 51.7 Å². The third-order valence-electron chi connectivity index (χ3n) is 5.92. The number of carbonyl (C=O) groups is 2. The summed E-state index contributed by atoms with van der Waals surface area (Å²) in [7, 11) is 3.04. The van der Waals surface area contributed by atoms with Crippen LogP contribution in [0, 0.1) is 0 Å². The normalized spacial score (nSPS) is 21.8. The highest BCUT2D eigenvalue weighted by Crippen LogP contribution is 2.44. The third kappa shape index (κ3) is 3.47. The van der Waals surface area contributed by atoms with Crippen LogP contribution in [-0.2, 0) is 9.59 Å². The molecule has 2 aromatic rings. The second kappa shape index (κ2) is 8.52. The van der Waals surface area contributed by atoms with E-state index >= 15 is 0 Å². The van der Waals surface area contributed by atoms with E-state index in [0.717, 1.165) is 37.0 Å². The Morgan fingerprint density at radius 2 is 1.80 bits per heavy atom. The summed E-state index contributed by atoms with van der Waals surface area (Å²) >= 11 is 1.49.